The van der Waals surface area contributed by atoms with Crippen LogP contribution in [-0.2, 0) is 16.1 Å². The fraction of sp³-hybridized carbons (Fsp3) is 0.333. The lowest BCUT2D eigenvalue weighted by Gasteiger charge is -2.18. The second-order valence-corrected chi connectivity index (χ2v) is 5.34. The Morgan fingerprint density at radius 3 is 2.00 bits per heavy atom. The summed E-state index contributed by atoms with van der Waals surface area (Å²) < 4.78 is 20.7. The van der Waals surface area contributed by atoms with Gasteiger partial charge in [-0.25, -0.2) is 8.42 Å². The van der Waals surface area contributed by atoms with Gasteiger partial charge in [-0.3, -0.25) is 0 Å². The lowest BCUT2D eigenvalue weighted by atomic mass is 9.87. The van der Waals surface area contributed by atoms with Crippen molar-refractivity contribution in [3.8, 4) is 0 Å². The highest BCUT2D eigenvalue weighted by atomic mass is 32.2. The average molecular weight is 224 g/mol. The molecule has 1 aromatic rings. The van der Waals surface area contributed by atoms with Crippen LogP contribution in [0.25, 0.3) is 6.08 Å². The zero-order chi connectivity index (χ0) is 11.5. The lowest BCUT2D eigenvalue weighted by molar-refractivity contribution is 0.590. The third-order valence-corrected chi connectivity index (χ3v) is 2.56. The van der Waals surface area contributed by atoms with Crippen molar-refractivity contribution in [1.82, 2.24) is 0 Å². The van der Waals surface area contributed by atoms with E-state index in [0.717, 1.165) is 5.56 Å². The molecule has 0 heterocycles. The van der Waals surface area contributed by atoms with Crippen molar-refractivity contribution in [2.75, 3.05) is 0 Å². The Labute approximate surface area is 92.6 Å². The Morgan fingerprint density at radius 1 is 1.07 bits per heavy atom. The average Bonchev–Trinajstić information content (AvgIpc) is 2.14. The molecule has 0 aliphatic heterocycles. The number of thiol groups is 1. The predicted molar refractivity (Wildman–Crippen MR) is 64.5 cm³/mol. The first-order valence-corrected chi connectivity index (χ1v) is 6.06. The molecule has 0 saturated heterocycles. The fourth-order valence-electron chi connectivity index (χ4n) is 1.24. The maximum atomic E-state index is 10.3. The van der Waals surface area contributed by atoms with Gasteiger partial charge in [0.2, 0.25) is 0 Å². The monoisotopic (exact) mass is 224 g/mol. The first kappa shape index (κ1) is 12.0. The molecule has 0 radical (unpaired) electrons. The van der Waals surface area contributed by atoms with Crippen LogP contribution in [0.4, 0.5) is 0 Å². The Balaban J connectivity index is 2.91. The summed E-state index contributed by atoms with van der Waals surface area (Å²) in [4.78, 5) is 0. The van der Waals surface area contributed by atoms with Crippen LogP contribution >= 0.6 is 0 Å². The molecule has 0 N–H and O–H groups in total. The van der Waals surface area contributed by atoms with Gasteiger partial charge in [-0.1, -0.05) is 45.0 Å². The fourth-order valence-corrected chi connectivity index (χ4v) is 1.54. The van der Waals surface area contributed by atoms with Crippen LogP contribution < -0.4 is 0 Å². The summed E-state index contributed by atoms with van der Waals surface area (Å²) in [6.07, 6.45) is 1.60. The Bertz CT molecular complexity index is 412. The summed E-state index contributed by atoms with van der Waals surface area (Å²) in [5, 5.41) is 1.18. The molecule has 1 aromatic carbocycles. The molecule has 0 unspecified atom stereocenters. The van der Waals surface area contributed by atoms with Crippen LogP contribution in [0.5, 0.6) is 0 Å². The smallest absolute Gasteiger partial charge is 0.161 e. The Morgan fingerprint density at radius 2 is 1.60 bits per heavy atom. The predicted octanol–water partition coefficient (Wildman–Crippen LogP) is 2.57. The minimum absolute atomic E-state index is 0.131. The van der Waals surface area contributed by atoms with E-state index in [1.54, 1.807) is 6.08 Å². The van der Waals surface area contributed by atoms with Crippen LogP contribution in [0.2, 0.25) is 0 Å². The van der Waals surface area contributed by atoms with E-state index in [2.05, 4.69) is 20.8 Å². The maximum Gasteiger partial charge on any atom is 0.161 e. The normalized spacial score (nSPS) is 12.5. The highest BCUT2D eigenvalue weighted by Crippen LogP contribution is 2.22. The molecular weight excluding hydrogens is 208 g/mol. The minimum Gasteiger partial charge on any atom is -0.227 e. The third kappa shape index (κ3) is 3.88. The van der Waals surface area contributed by atoms with Crippen LogP contribution in [-0.4, -0.2) is 8.42 Å². The van der Waals surface area contributed by atoms with Crippen LogP contribution in [0.1, 0.15) is 31.9 Å². The van der Waals surface area contributed by atoms with E-state index in [-0.39, 0.29) is 5.41 Å². The Hall–Kier alpha value is -1.09. The van der Waals surface area contributed by atoms with E-state index in [0.29, 0.717) is 0 Å². The highest BCUT2D eigenvalue weighted by Gasteiger charge is 2.12. The van der Waals surface area contributed by atoms with E-state index < -0.39 is 10.7 Å². The van der Waals surface area contributed by atoms with Crippen LogP contribution in [0.15, 0.2) is 29.7 Å². The standard InChI is InChI=1S/C12H16O2S/c1-12(2,3)11-6-4-10(5-7-11)8-9-15(13)14/h4-9,15H,1-3H3/b9-8+. The summed E-state index contributed by atoms with van der Waals surface area (Å²) >= 11 is 0. The van der Waals surface area contributed by atoms with Gasteiger partial charge in [-0.05, 0) is 22.6 Å². The van der Waals surface area contributed by atoms with E-state index >= 15 is 0 Å². The first-order valence-electron chi connectivity index (χ1n) is 4.82. The summed E-state index contributed by atoms with van der Waals surface area (Å²) in [5.74, 6) is 0. The van der Waals surface area contributed by atoms with E-state index in [4.69, 9.17) is 0 Å². The number of hydrogen-bond acceptors (Lipinski definition) is 2. The largest absolute Gasteiger partial charge is 0.227 e. The molecule has 0 amide bonds. The molecule has 0 fully saturated rings. The molecule has 0 aliphatic rings. The third-order valence-electron chi connectivity index (χ3n) is 2.17. The van der Waals surface area contributed by atoms with Gasteiger partial charge in [-0.15, -0.1) is 0 Å². The van der Waals surface area contributed by atoms with Gasteiger partial charge in [-0.2, -0.15) is 0 Å². The quantitative estimate of drug-likeness (QED) is 0.783. The summed E-state index contributed by atoms with van der Waals surface area (Å²) in [7, 11) is -2.43. The molecule has 1 rings (SSSR count). The second-order valence-electron chi connectivity index (χ2n) is 4.47. The topological polar surface area (TPSA) is 34.1 Å². The molecule has 0 bridgehead atoms. The minimum atomic E-state index is -2.43. The summed E-state index contributed by atoms with van der Waals surface area (Å²) in [5.41, 5.74) is 2.28. The van der Waals surface area contributed by atoms with E-state index in [1.807, 2.05) is 24.3 Å². The molecule has 0 saturated carbocycles. The van der Waals surface area contributed by atoms with Crippen molar-refractivity contribution in [2.45, 2.75) is 26.2 Å². The van der Waals surface area contributed by atoms with E-state index in [1.165, 1.54) is 11.0 Å². The van der Waals surface area contributed by atoms with Gasteiger partial charge >= 0.3 is 0 Å². The van der Waals surface area contributed by atoms with Crippen molar-refractivity contribution in [2.24, 2.45) is 0 Å². The molecule has 3 heteroatoms. The second kappa shape index (κ2) is 4.62. The molecule has 0 spiro atoms. The molecule has 82 valence electrons. The van der Waals surface area contributed by atoms with Crippen molar-refractivity contribution in [3.05, 3.63) is 40.8 Å². The van der Waals surface area contributed by atoms with Crippen molar-refractivity contribution in [1.29, 1.82) is 0 Å². The Kier molecular flexibility index (Phi) is 3.69. The van der Waals surface area contributed by atoms with E-state index in [9.17, 15) is 8.42 Å². The SMILES string of the molecule is CC(C)(C)c1ccc(/C=C/[SH](=O)=O)cc1. The summed E-state index contributed by atoms with van der Waals surface area (Å²) in [6, 6.07) is 7.90. The van der Waals surface area contributed by atoms with Crippen molar-refractivity contribution in [3.63, 3.8) is 0 Å². The van der Waals surface area contributed by atoms with Gasteiger partial charge < -0.3 is 0 Å². The lowest BCUT2D eigenvalue weighted by Crippen LogP contribution is -2.10. The van der Waals surface area contributed by atoms with Gasteiger partial charge in [0.1, 0.15) is 0 Å². The van der Waals surface area contributed by atoms with Gasteiger partial charge in [0.05, 0.1) is 0 Å². The first-order chi connectivity index (χ1) is 6.89. The van der Waals surface area contributed by atoms with Gasteiger partial charge in [0.15, 0.2) is 10.7 Å². The van der Waals surface area contributed by atoms with Crippen LogP contribution in [0, 0.1) is 0 Å². The number of rotatable bonds is 2. The van der Waals surface area contributed by atoms with Crippen molar-refractivity contribution < 1.29 is 8.42 Å². The van der Waals surface area contributed by atoms with Gasteiger partial charge in [0.25, 0.3) is 0 Å². The molecule has 0 aliphatic carbocycles. The maximum absolute atomic E-state index is 10.3. The van der Waals surface area contributed by atoms with Crippen molar-refractivity contribution >= 4 is 16.8 Å². The summed E-state index contributed by atoms with van der Waals surface area (Å²) in [6.45, 7) is 6.44. The highest BCUT2D eigenvalue weighted by molar-refractivity contribution is 7.75. The molecule has 15 heavy (non-hydrogen) atoms. The van der Waals surface area contributed by atoms with Gasteiger partial charge in [0, 0.05) is 5.41 Å². The number of hydrogen-bond donors (Lipinski definition) is 1. The zero-order valence-electron chi connectivity index (χ0n) is 9.23. The number of benzene rings is 1. The zero-order valence-corrected chi connectivity index (χ0v) is 10.1. The molecular formula is C12H16O2S. The molecule has 0 aromatic heterocycles. The molecule has 0 atom stereocenters. The van der Waals surface area contributed by atoms with Crippen LogP contribution in [0.3, 0.4) is 0 Å². The molecule has 2 nitrogen and oxygen atoms in total.